The third kappa shape index (κ3) is 5.20. The summed E-state index contributed by atoms with van der Waals surface area (Å²) >= 11 is 6.44. The number of ketones is 1. The van der Waals surface area contributed by atoms with Crippen molar-refractivity contribution in [3.05, 3.63) is 94.0 Å². The lowest BCUT2D eigenvalue weighted by Gasteiger charge is -2.26. The molecule has 1 N–H and O–H groups in total. The largest absolute Gasteiger partial charge is 0.507 e. The average Bonchev–Trinajstić information content (AvgIpc) is 3.15. The van der Waals surface area contributed by atoms with Gasteiger partial charge in [0.15, 0.2) is 0 Å². The maximum Gasteiger partial charge on any atom is 0.300 e. The molecule has 6 nitrogen and oxygen atoms in total. The first-order valence-corrected chi connectivity index (χ1v) is 12.7. The normalized spacial score (nSPS) is 16.9. The zero-order valence-corrected chi connectivity index (χ0v) is 22.1. The Morgan fingerprint density at radius 1 is 0.946 bits per heavy atom. The number of benzene rings is 3. The number of amides is 1. The van der Waals surface area contributed by atoms with Crippen LogP contribution in [-0.2, 0) is 9.59 Å². The van der Waals surface area contributed by atoms with Crippen molar-refractivity contribution >= 4 is 34.7 Å². The lowest BCUT2D eigenvalue weighted by Crippen LogP contribution is -2.29. The smallest absolute Gasteiger partial charge is 0.300 e. The summed E-state index contributed by atoms with van der Waals surface area (Å²) in [4.78, 5) is 28.4. The molecule has 0 spiro atoms. The molecule has 3 aromatic rings. The molecule has 4 rings (SSSR count). The van der Waals surface area contributed by atoms with Crippen LogP contribution in [0.5, 0.6) is 11.5 Å². The van der Waals surface area contributed by atoms with Gasteiger partial charge in [-0.05, 0) is 61.2 Å². The van der Waals surface area contributed by atoms with Gasteiger partial charge in [-0.3, -0.25) is 14.5 Å². The SMILES string of the molecule is CCOc1cccc(N2C(=O)C(=O)/C(=C(/O)c3cc(OCC)ccc3Cl)C2c2ccc(C(C)C)cc2)c1. The number of nitrogens with zero attached hydrogens (tertiary/aromatic N) is 1. The van der Waals surface area contributed by atoms with E-state index in [1.807, 2.05) is 38.1 Å². The van der Waals surface area contributed by atoms with Gasteiger partial charge in [0.25, 0.3) is 11.7 Å². The second-order valence-corrected chi connectivity index (χ2v) is 9.40. The first-order valence-electron chi connectivity index (χ1n) is 12.3. The van der Waals surface area contributed by atoms with E-state index in [0.717, 1.165) is 5.56 Å². The average molecular weight is 520 g/mol. The van der Waals surface area contributed by atoms with E-state index in [9.17, 15) is 14.7 Å². The number of aliphatic hydroxyl groups is 1. The molecule has 1 saturated heterocycles. The summed E-state index contributed by atoms with van der Waals surface area (Å²) in [6.45, 7) is 8.77. The maximum absolute atomic E-state index is 13.5. The first-order chi connectivity index (χ1) is 17.8. The molecule has 1 aliphatic heterocycles. The predicted octanol–water partition coefficient (Wildman–Crippen LogP) is 6.89. The van der Waals surface area contributed by atoms with Gasteiger partial charge >= 0.3 is 0 Å². The van der Waals surface area contributed by atoms with Crippen molar-refractivity contribution in [3.63, 3.8) is 0 Å². The Balaban J connectivity index is 1.93. The fourth-order valence-corrected chi connectivity index (χ4v) is 4.66. The number of anilines is 1. The summed E-state index contributed by atoms with van der Waals surface area (Å²) in [5, 5.41) is 11.7. The van der Waals surface area contributed by atoms with Gasteiger partial charge in [-0.1, -0.05) is 55.8 Å². The number of hydrogen-bond acceptors (Lipinski definition) is 5. The number of aliphatic hydroxyl groups excluding tert-OH is 1. The minimum atomic E-state index is -0.870. The fraction of sp³-hybridized carbons (Fsp3) is 0.267. The van der Waals surface area contributed by atoms with E-state index in [1.165, 1.54) is 4.90 Å². The molecule has 37 heavy (non-hydrogen) atoms. The van der Waals surface area contributed by atoms with Crippen LogP contribution in [0.15, 0.2) is 72.3 Å². The van der Waals surface area contributed by atoms with Crippen LogP contribution >= 0.6 is 11.6 Å². The summed E-state index contributed by atoms with van der Waals surface area (Å²) in [6, 6.07) is 18.7. The highest BCUT2D eigenvalue weighted by molar-refractivity contribution is 6.52. The fourth-order valence-electron chi connectivity index (χ4n) is 4.45. The minimum Gasteiger partial charge on any atom is -0.507 e. The van der Waals surface area contributed by atoms with Gasteiger partial charge in [0.1, 0.15) is 17.3 Å². The van der Waals surface area contributed by atoms with Crippen LogP contribution in [0.3, 0.4) is 0 Å². The molecule has 0 bridgehead atoms. The topological polar surface area (TPSA) is 76.1 Å². The summed E-state index contributed by atoms with van der Waals surface area (Å²) in [5.74, 6) is -0.525. The molecule has 192 valence electrons. The second kappa shape index (κ2) is 11.1. The van der Waals surface area contributed by atoms with E-state index in [0.29, 0.717) is 41.9 Å². The molecule has 1 heterocycles. The summed E-state index contributed by atoms with van der Waals surface area (Å²) in [6.07, 6.45) is 0. The van der Waals surface area contributed by atoms with E-state index >= 15 is 0 Å². The van der Waals surface area contributed by atoms with Crippen molar-refractivity contribution in [1.29, 1.82) is 0 Å². The van der Waals surface area contributed by atoms with Gasteiger partial charge in [0.05, 0.1) is 29.9 Å². The van der Waals surface area contributed by atoms with Crippen molar-refractivity contribution in [2.24, 2.45) is 0 Å². The lowest BCUT2D eigenvalue weighted by atomic mass is 9.93. The number of carbonyl (C=O) groups excluding carboxylic acids is 2. The van der Waals surface area contributed by atoms with Crippen LogP contribution in [0.25, 0.3) is 5.76 Å². The molecule has 1 amide bonds. The standard InChI is InChI=1S/C30H30ClNO5/c1-5-36-22-9-7-8-21(16-22)32-27(20-12-10-19(11-13-20)18(3)4)26(29(34)30(32)35)28(33)24-17-23(37-6-2)14-15-25(24)31/h7-18,27,33H,5-6H2,1-4H3/b28-26+. The van der Waals surface area contributed by atoms with Crippen LogP contribution < -0.4 is 14.4 Å². The Labute approximate surface area is 222 Å². The monoisotopic (exact) mass is 519 g/mol. The zero-order valence-electron chi connectivity index (χ0n) is 21.3. The molecule has 1 aliphatic rings. The van der Waals surface area contributed by atoms with Crippen LogP contribution in [0.2, 0.25) is 5.02 Å². The molecule has 0 saturated carbocycles. The highest BCUT2D eigenvalue weighted by Gasteiger charge is 2.47. The number of carbonyl (C=O) groups is 2. The quantitative estimate of drug-likeness (QED) is 0.199. The van der Waals surface area contributed by atoms with Crippen LogP contribution in [-0.4, -0.2) is 30.0 Å². The van der Waals surface area contributed by atoms with Gasteiger partial charge < -0.3 is 14.6 Å². The van der Waals surface area contributed by atoms with E-state index in [4.69, 9.17) is 21.1 Å². The van der Waals surface area contributed by atoms with E-state index in [1.54, 1.807) is 42.5 Å². The Hall–Kier alpha value is -3.77. The minimum absolute atomic E-state index is 0.0420. The molecule has 0 aliphatic carbocycles. The van der Waals surface area contributed by atoms with Gasteiger partial charge in [-0.2, -0.15) is 0 Å². The van der Waals surface area contributed by atoms with Gasteiger partial charge in [0.2, 0.25) is 0 Å². The Morgan fingerprint density at radius 2 is 1.59 bits per heavy atom. The predicted molar refractivity (Wildman–Crippen MR) is 146 cm³/mol. The molecular formula is C30H30ClNO5. The Bertz CT molecular complexity index is 1350. The molecule has 3 aromatic carbocycles. The highest BCUT2D eigenvalue weighted by atomic mass is 35.5. The van der Waals surface area contributed by atoms with Crippen molar-refractivity contribution in [2.45, 2.75) is 39.7 Å². The maximum atomic E-state index is 13.5. The molecule has 1 atom stereocenters. The molecule has 0 radical (unpaired) electrons. The number of Topliss-reactive ketones (excluding diaryl/α,β-unsaturated/α-hetero) is 1. The number of rotatable bonds is 8. The molecular weight excluding hydrogens is 490 g/mol. The molecule has 1 fully saturated rings. The lowest BCUT2D eigenvalue weighted by molar-refractivity contribution is -0.132. The van der Waals surface area contributed by atoms with Gasteiger partial charge in [-0.15, -0.1) is 0 Å². The molecule has 1 unspecified atom stereocenters. The Kier molecular flexibility index (Phi) is 7.89. The summed E-state index contributed by atoms with van der Waals surface area (Å²) in [7, 11) is 0. The van der Waals surface area contributed by atoms with E-state index in [-0.39, 0.29) is 21.9 Å². The number of halogens is 1. The molecule has 7 heteroatoms. The van der Waals surface area contributed by atoms with Crippen molar-refractivity contribution < 1.29 is 24.2 Å². The van der Waals surface area contributed by atoms with E-state index in [2.05, 4.69) is 13.8 Å². The van der Waals surface area contributed by atoms with Crippen molar-refractivity contribution in [1.82, 2.24) is 0 Å². The first kappa shape index (κ1) is 26.3. The highest BCUT2D eigenvalue weighted by Crippen LogP contribution is 2.44. The van der Waals surface area contributed by atoms with E-state index < -0.39 is 17.7 Å². The number of ether oxygens (including phenoxy) is 2. The van der Waals surface area contributed by atoms with Crippen LogP contribution in [0.4, 0.5) is 5.69 Å². The number of hydrogen-bond donors (Lipinski definition) is 1. The van der Waals surface area contributed by atoms with Crippen LogP contribution in [0.1, 0.15) is 56.3 Å². The van der Waals surface area contributed by atoms with Gasteiger partial charge in [-0.25, -0.2) is 0 Å². The summed E-state index contributed by atoms with van der Waals surface area (Å²) < 4.78 is 11.2. The third-order valence-corrected chi connectivity index (χ3v) is 6.60. The third-order valence-electron chi connectivity index (χ3n) is 6.27. The Morgan fingerprint density at radius 3 is 2.22 bits per heavy atom. The second-order valence-electron chi connectivity index (χ2n) is 9.00. The zero-order chi connectivity index (χ0) is 26.7. The van der Waals surface area contributed by atoms with Crippen molar-refractivity contribution in [3.8, 4) is 11.5 Å². The summed E-state index contributed by atoms with van der Waals surface area (Å²) in [5.41, 5.74) is 2.46. The van der Waals surface area contributed by atoms with Gasteiger partial charge in [0, 0.05) is 17.3 Å². The van der Waals surface area contributed by atoms with Crippen LogP contribution in [0, 0.1) is 0 Å². The molecule has 0 aromatic heterocycles. The van der Waals surface area contributed by atoms with Crippen molar-refractivity contribution in [2.75, 3.05) is 18.1 Å².